The van der Waals surface area contributed by atoms with Crippen LogP contribution in [0.15, 0.2) is 16.7 Å². The van der Waals surface area contributed by atoms with E-state index in [0.717, 1.165) is 28.6 Å². The van der Waals surface area contributed by atoms with E-state index in [2.05, 4.69) is 57.5 Å². The van der Waals surface area contributed by atoms with E-state index in [1.54, 1.807) is 0 Å². The third kappa shape index (κ3) is 2.72. The van der Waals surface area contributed by atoms with Crippen molar-refractivity contribution in [2.24, 2.45) is 0 Å². The molecule has 0 aliphatic carbocycles. The van der Waals surface area contributed by atoms with E-state index in [-0.39, 0.29) is 0 Å². The van der Waals surface area contributed by atoms with E-state index in [1.165, 1.54) is 17.7 Å². The Morgan fingerprint density at radius 3 is 3.12 bits per heavy atom. The molecular weight excluding hydrogens is 284 g/mol. The number of hydrogen-bond acceptors (Lipinski definition) is 3. The molecular formula is C12H17BrN2S. The molecule has 0 radical (unpaired) electrons. The highest BCUT2D eigenvalue weighted by atomic mass is 79.9. The molecule has 0 amide bonds. The molecule has 16 heavy (non-hydrogen) atoms. The summed E-state index contributed by atoms with van der Waals surface area (Å²) in [6.07, 6.45) is 3.14. The van der Waals surface area contributed by atoms with Gasteiger partial charge in [-0.05, 0) is 40.9 Å². The molecule has 2 nitrogen and oxygen atoms in total. The number of halogens is 1. The van der Waals surface area contributed by atoms with Crippen molar-refractivity contribution in [2.75, 3.05) is 23.7 Å². The van der Waals surface area contributed by atoms with Gasteiger partial charge in [0.2, 0.25) is 0 Å². The summed E-state index contributed by atoms with van der Waals surface area (Å²) in [7, 11) is 0. The molecule has 1 saturated heterocycles. The maximum atomic E-state index is 4.54. The lowest BCUT2D eigenvalue weighted by Crippen LogP contribution is -2.38. The summed E-state index contributed by atoms with van der Waals surface area (Å²) in [5.74, 6) is 2.37. The normalized spacial score (nSPS) is 21.2. The van der Waals surface area contributed by atoms with Crippen molar-refractivity contribution in [2.45, 2.75) is 25.5 Å². The summed E-state index contributed by atoms with van der Waals surface area (Å²) in [5, 5.41) is 0.763. The standard InChI is InChI=1S/C12H17BrN2S/c1-3-11-8-15(4-5-16-11)12-9(2)6-10(13)7-14-12/h6-7,11H,3-5,8H2,1-2H3. The van der Waals surface area contributed by atoms with Crippen molar-refractivity contribution in [3.8, 4) is 0 Å². The monoisotopic (exact) mass is 300 g/mol. The van der Waals surface area contributed by atoms with Gasteiger partial charge in [0.05, 0.1) is 0 Å². The van der Waals surface area contributed by atoms with Crippen molar-refractivity contribution in [1.82, 2.24) is 4.98 Å². The lowest BCUT2D eigenvalue weighted by molar-refractivity contribution is 0.718. The highest BCUT2D eigenvalue weighted by Gasteiger charge is 2.20. The maximum Gasteiger partial charge on any atom is 0.131 e. The minimum atomic E-state index is 0.763. The van der Waals surface area contributed by atoms with Gasteiger partial charge in [0.25, 0.3) is 0 Å². The SMILES string of the molecule is CCC1CN(c2ncc(Br)cc2C)CCS1. The van der Waals surface area contributed by atoms with Crippen LogP contribution in [-0.4, -0.2) is 29.1 Å². The van der Waals surface area contributed by atoms with Crippen LogP contribution in [0.2, 0.25) is 0 Å². The van der Waals surface area contributed by atoms with Crippen molar-refractivity contribution in [3.63, 3.8) is 0 Å². The lowest BCUT2D eigenvalue weighted by atomic mass is 10.2. The Morgan fingerprint density at radius 1 is 1.62 bits per heavy atom. The number of rotatable bonds is 2. The lowest BCUT2D eigenvalue weighted by Gasteiger charge is -2.33. The summed E-state index contributed by atoms with van der Waals surface area (Å²) in [6.45, 7) is 6.66. The van der Waals surface area contributed by atoms with Crippen LogP contribution in [0.1, 0.15) is 18.9 Å². The first-order chi connectivity index (χ1) is 7.70. The van der Waals surface area contributed by atoms with E-state index < -0.39 is 0 Å². The van der Waals surface area contributed by atoms with Crippen LogP contribution in [0.4, 0.5) is 5.82 Å². The van der Waals surface area contributed by atoms with Crippen LogP contribution in [0.3, 0.4) is 0 Å². The zero-order chi connectivity index (χ0) is 11.5. The summed E-state index contributed by atoms with van der Waals surface area (Å²) in [4.78, 5) is 6.96. The predicted molar refractivity (Wildman–Crippen MR) is 75.4 cm³/mol. The van der Waals surface area contributed by atoms with Gasteiger partial charge >= 0.3 is 0 Å². The summed E-state index contributed by atoms with van der Waals surface area (Å²) < 4.78 is 1.06. The molecule has 0 spiro atoms. The first-order valence-corrected chi connectivity index (χ1v) is 7.53. The minimum absolute atomic E-state index is 0.763. The molecule has 1 fully saturated rings. The molecule has 1 aliphatic rings. The zero-order valence-corrected chi connectivity index (χ0v) is 12.1. The Kier molecular flexibility index (Phi) is 4.14. The molecule has 1 atom stereocenters. The molecule has 1 aliphatic heterocycles. The smallest absolute Gasteiger partial charge is 0.131 e. The van der Waals surface area contributed by atoms with E-state index in [1.807, 2.05) is 6.20 Å². The highest BCUT2D eigenvalue weighted by Crippen LogP contribution is 2.27. The summed E-state index contributed by atoms with van der Waals surface area (Å²) in [6, 6.07) is 2.14. The van der Waals surface area contributed by atoms with Gasteiger partial charge in [-0.1, -0.05) is 6.92 Å². The van der Waals surface area contributed by atoms with Crippen LogP contribution in [0, 0.1) is 6.92 Å². The summed E-state index contributed by atoms with van der Waals surface area (Å²) in [5.41, 5.74) is 1.26. The Morgan fingerprint density at radius 2 is 2.44 bits per heavy atom. The molecule has 88 valence electrons. The molecule has 1 unspecified atom stereocenters. The Bertz CT molecular complexity index is 370. The first-order valence-electron chi connectivity index (χ1n) is 5.69. The number of nitrogens with zero attached hydrogens (tertiary/aromatic N) is 2. The Hall–Kier alpha value is -0.220. The molecule has 1 aromatic rings. The number of pyridine rings is 1. The second kappa shape index (κ2) is 5.41. The van der Waals surface area contributed by atoms with Gasteiger partial charge in [-0.15, -0.1) is 0 Å². The fourth-order valence-corrected chi connectivity index (χ4v) is 3.65. The van der Waals surface area contributed by atoms with Crippen molar-refractivity contribution >= 4 is 33.5 Å². The quantitative estimate of drug-likeness (QED) is 0.832. The summed E-state index contributed by atoms with van der Waals surface area (Å²) >= 11 is 5.55. The molecule has 0 N–H and O–H groups in total. The molecule has 0 aromatic carbocycles. The molecule has 0 saturated carbocycles. The average Bonchev–Trinajstić information content (AvgIpc) is 2.29. The van der Waals surface area contributed by atoms with Crippen molar-refractivity contribution in [1.29, 1.82) is 0 Å². The predicted octanol–water partition coefficient (Wildman–Crippen LogP) is 3.48. The molecule has 1 aromatic heterocycles. The van der Waals surface area contributed by atoms with Crippen molar-refractivity contribution < 1.29 is 0 Å². The maximum absolute atomic E-state index is 4.54. The third-order valence-corrected chi connectivity index (χ3v) is 4.72. The van der Waals surface area contributed by atoms with Gasteiger partial charge < -0.3 is 4.90 Å². The second-order valence-corrected chi connectivity index (χ2v) is 6.47. The van der Waals surface area contributed by atoms with E-state index in [0.29, 0.717) is 0 Å². The van der Waals surface area contributed by atoms with Crippen LogP contribution < -0.4 is 4.90 Å². The number of anilines is 1. The highest BCUT2D eigenvalue weighted by molar-refractivity contribution is 9.10. The van der Waals surface area contributed by atoms with Gasteiger partial charge in [-0.25, -0.2) is 4.98 Å². The minimum Gasteiger partial charge on any atom is -0.354 e. The number of hydrogen-bond donors (Lipinski definition) is 0. The second-order valence-electron chi connectivity index (χ2n) is 4.14. The third-order valence-electron chi connectivity index (χ3n) is 2.91. The van der Waals surface area contributed by atoms with Crippen molar-refractivity contribution in [3.05, 3.63) is 22.3 Å². The van der Waals surface area contributed by atoms with Crippen LogP contribution >= 0.6 is 27.7 Å². The van der Waals surface area contributed by atoms with Gasteiger partial charge in [0.1, 0.15) is 5.82 Å². The van der Waals surface area contributed by atoms with Gasteiger partial charge in [-0.3, -0.25) is 0 Å². The zero-order valence-electron chi connectivity index (χ0n) is 9.74. The van der Waals surface area contributed by atoms with Gasteiger partial charge in [0.15, 0.2) is 0 Å². The fraction of sp³-hybridized carbons (Fsp3) is 0.583. The number of aryl methyl sites for hydroxylation is 1. The number of aromatic nitrogens is 1. The van der Waals surface area contributed by atoms with Crippen LogP contribution in [-0.2, 0) is 0 Å². The molecule has 4 heteroatoms. The van der Waals surface area contributed by atoms with E-state index in [9.17, 15) is 0 Å². The van der Waals surface area contributed by atoms with Gasteiger partial charge in [-0.2, -0.15) is 11.8 Å². The topological polar surface area (TPSA) is 16.1 Å². The molecule has 2 rings (SSSR count). The fourth-order valence-electron chi connectivity index (χ4n) is 2.02. The van der Waals surface area contributed by atoms with Crippen LogP contribution in [0.5, 0.6) is 0 Å². The Labute approximate surface area is 110 Å². The average molecular weight is 301 g/mol. The number of thioether (sulfide) groups is 1. The van der Waals surface area contributed by atoms with E-state index >= 15 is 0 Å². The van der Waals surface area contributed by atoms with E-state index in [4.69, 9.17) is 0 Å². The first kappa shape index (κ1) is 12.2. The van der Waals surface area contributed by atoms with Gasteiger partial charge in [0, 0.05) is 34.8 Å². The van der Waals surface area contributed by atoms with Crippen LogP contribution in [0.25, 0.3) is 0 Å². The molecule has 2 heterocycles. The largest absolute Gasteiger partial charge is 0.354 e. The molecule has 0 bridgehead atoms. The Balaban J connectivity index is 2.16.